The Kier molecular flexibility index (Phi) is 6.49. The molecule has 0 atom stereocenters. The monoisotopic (exact) mass is 382 g/mol. The van der Waals surface area contributed by atoms with Crippen molar-refractivity contribution in [1.29, 1.82) is 0 Å². The molecule has 1 aromatic heterocycles. The van der Waals surface area contributed by atoms with Crippen LogP contribution in [0.15, 0.2) is 60.0 Å². The summed E-state index contributed by atoms with van der Waals surface area (Å²) in [6.07, 6.45) is 1.47. The number of hydrogen-bond donors (Lipinski definition) is 1. The summed E-state index contributed by atoms with van der Waals surface area (Å²) in [6.45, 7) is 2.98. The highest BCUT2D eigenvalue weighted by Crippen LogP contribution is 2.22. The van der Waals surface area contributed by atoms with Crippen molar-refractivity contribution >= 4 is 17.7 Å². The molecule has 0 aliphatic carbocycles. The Balaban J connectivity index is 1.57. The Morgan fingerprint density at radius 1 is 1.22 bits per heavy atom. The first-order valence-electron chi connectivity index (χ1n) is 8.64. The van der Waals surface area contributed by atoms with Crippen molar-refractivity contribution in [1.82, 2.24) is 20.1 Å². The Labute approximate surface area is 163 Å². The number of nitrogens with zero attached hydrogens (tertiary/aromatic N) is 3. The summed E-state index contributed by atoms with van der Waals surface area (Å²) in [6, 6.07) is 15.5. The van der Waals surface area contributed by atoms with Crippen molar-refractivity contribution < 1.29 is 9.53 Å². The van der Waals surface area contributed by atoms with Crippen molar-refractivity contribution in [3.05, 3.63) is 71.5 Å². The molecule has 0 saturated heterocycles. The fraction of sp³-hybridized carbons (Fsp3) is 0.250. The predicted octanol–water partition coefficient (Wildman–Crippen LogP) is 3.56. The number of H-pyrrole nitrogens is 1. The Morgan fingerprint density at radius 2 is 2.07 bits per heavy atom. The summed E-state index contributed by atoms with van der Waals surface area (Å²) in [5.74, 6) is 1.45. The zero-order chi connectivity index (χ0) is 19.1. The lowest BCUT2D eigenvalue weighted by molar-refractivity contribution is 0.0773. The molecule has 6 nitrogen and oxygen atoms in total. The van der Waals surface area contributed by atoms with Gasteiger partial charge in [-0.05, 0) is 36.2 Å². The van der Waals surface area contributed by atoms with Gasteiger partial charge in [0.15, 0.2) is 5.16 Å². The lowest BCUT2D eigenvalue weighted by Crippen LogP contribution is -2.31. The van der Waals surface area contributed by atoms with E-state index in [0.29, 0.717) is 24.5 Å². The van der Waals surface area contributed by atoms with Crippen molar-refractivity contribution in [3.8, 4) is 5.75 Å². The molecule has 7 heteroatoms. The Bertz CT molecular complexity index is 883. The highest BCUT2D eigenvalue weighted by atomic mass is 32.2. The van der Waals surface area contributed by atoms with Crippen LogP contribution in [-0.2, 0) is 5.75 Å². The topological polar surface area (TPSA) is 71.1 Å². The SMILES string of the molecule is Cc1cccc(OCCN(C)C(=O)c2ccccc2CSc2ncn[nH]2)c1. The number of likely N-dealkylation sites (N-methyl/N-ethyl adjacent to an activating group) is 1. The van der Waals surface area contributed by atoms with E-state index >= 15 is 0 Å². The number of aromatic nitrogens is 3. The van der Waals surface area contributed by atoms with Gasteiger partial charge in [0.05, 0.1) is 6.54 Å². The minimum atomic E-state index is -0.0170. The first-order valence-corrected chi connectivity index (χ1v) is 9.63. The molecule has 3 rings (SSSR count). The second-order valence-electron chi connectivity index (χ2n) is 6.13. The van der Waals surface area contributed by atoms with Gasteiger partial charge in [-0.1, -0.05) is 42.1 Å². The maximum atomic E-state index is 12.8. The van der Waals surface area contributed by atoms with Gasteiger partial charge >= 0.3 is 0 Å². The summed E-state index contributed by atoms with van der Waals surface area (Å²) in [4.78, 5) is 18.6. The van der Waals surface area contributed by atoms with Gasteiger partial charge in [0.25, 0.3) is 5.91 Å². The molecular formula is C20H22N4O2S. The van der Waals surface area contributed by atoms with Gasteiger partial charge in [-0.3, -0.25) is 9.89 Å². The van der Waals surface area contributed by atoms with Gasteiger partial charge in [-0.2, -0.15) is 5.10 Å². The van der Waals surface area contributed by atoms with Crippen LogP contribution in [0.5, 0.6) is 5.75 Å². The quantitative estimate of drug-likeness (QED) is 0.603. The fourth-order valence-corrected chi connectivity index (χ4v) is 3.36. The molecule has 140 valence electrons. The third-order valence-electron chi connectivity index (χ3n) is 4.04. The number of rotatable bonds is 8. The van der Waals surface area contributed by atoms with Crippen LogP contribution in [0, 0.1) is 6.92 Å². The van der Waals surface area contributed by atoms with E-state index in [9.17, 15) is 4.79 Å². The van der Waals surface area contributed by atoms with E-state index in [0.717, 1.165) is 22.0 Å². The minimum absolute atomic E-state index is 0.0170. The Morgan fingerprint density at radius 3 is 2.85 bits per heavy atom. The molecule has 3 aromatic rings. The molecule has 0 fully saturated rings. The number of hydrogen-bond acceptors (Lipinski definition) is 5. The number of aryl methyl sites for hydroxylation is 1. The molecule has 1 N–H and O–H groups in total. The van der Waals surface area contributed by atoms with Crippen LogP contribution in [-0.4, -0.2) is 46.2 Å². The summed E-state index contributed by atoms with van der Waals surface area (Å²) in [7, 11) is 1.79. The van der Waals surface area contributed by atoms with E-state index in [1.165, 1.54) is 18.1 Å². The van der Waals surface area contributed by atoms with Gasteiger partial charge in [0.2, 0.25) is 0 Å². The zero-order valence-electron chi connectivity index (χ0n) is 15.4. The van der Waals surface area contributed by atoms with Crippen molar-refractivity contribution in [3.63, 3.8) is 0 Å². The van der Waals surface area contributed by atoms with E-state index in [1.807, 2.05) is 55.5 Å². The summed E-state index contributed by atoms with van der Waals surface area (Å²) < 4.78 is 5.75. The zero-order valence-corrected chi connectivity index (χ0v) is 16.2. The molecule has 0 saturated carbocycles. The molecule has 2 aromatic carbocycles. The summed E-state index contributed by atoms with van der Waals surface area (Å²) in [5.41, 5.74) is 2.81. The van der Waals surface area contributed by atoms with Gasteiger partial charge in [0, 0.05) is 18.4 Å². The van der Waals surface area contributed by atoms with Crippen LogP contribution < -0.4 is 4.74 Å². The summed E-state index contributed by atoms with van der Waals surface area (Å²) >= 11 is 1.52. The van der Waals surface area contributed by atoms with E-state index in [-0.39, 0.29) is 5.91 Å². The first kappa shape index (κ1) is 19.0. The molecule has 0 aliphatic heterocycles. The third-order valence-corrected chi connectivity index (χ3v) is 4.96. The number of carbonyl (C=O) groups excluding carboxylic acids is 1. The number of thioether (sulfide) groups is 1. The molecule has 1 heterocycles. The summed E-state index contributed by atoms with van der Waals surface area (Å²) in [5, 5.41) is 7.39. The van der Waals surface area contributed by atoms with Crippen LogP contribution in [0.2, 0.25) is 0 Å². The van der Waals surface area contributed by atoms with Crippen LogP contribution in [0.25, 0.3) is 0 Å². The van der Waals surface area contributed by atoms with Gasteiger partial charge < -0.3 is 9.64 Å². The number of aromatic amines is 1. The molecule has 0 unspecified atom stereocenters. The van der Waals surface area contributed by atoms with Crippen molar-refractivity contribution in [2.45, 2.75) is 17.8 Å². The number of ether oxygens (including phenoxy) is 1. The van der Waals surface area contributed by atoms with Crippen LogP contribution in [0.4, 0.5) is 0 Å². The number of benzene rings is 2. The number of carbonyl (C=O) groups is 1. The standard InChI is InChI=1S/C20H22N4O2S/c1-15-6-5-8-17(12-15)26-11-10-24(2)19(25)18-9-4-3-7-16(18)13-27-20-21-14-22-23-20/h3-9,12,14H,10-11,13H2,1-2H3,(H,21,22,23). The molecule has 1 amide bonds. The molecule has 0 spiro atoms. The number of amides is 1. The maximum absolute atomic E-state index is 12.8. The van der Waals surface area contributed by atoms with Crippen LogP contribution in [0.1, 0.15) is 21.5 Å². The van der Waals surface area contributed by atoms with Crippen LogP contribution in [0.3, 0.4) is 0 Å². The van der Waals surface area contributed by atoms with Gasteiger partial charge in [-0.15, -0.1) is 0 Å². The molecular weight excluding hydrogens is 360 g/mol. The lowest BCUT2D eigenvalue weighted by atomic mass is 10.1. The average molecular weight is 382 g/mol. The second-order valence-corrected chi connectivity index (χ2v) is 7.09. The average Bonchev–Trinajstić information content (AvgIpc) is 3.19. The molecule has 27 heavy (non-hydrogen) atoms. The van der Waals surface area contributed by atoms with E-state index in [1.54, 1.807) is 11.9 Å². The van der Waals surface area contributed by atoms with E-state index in [4.69, 9.17) is 4.74 Å². The number of nitrogens with one attached hydrogen (secondary N) is 1. The highest BCUT2D eigenvalue weighted by molar-refractivity contribution is 7.98. The predicted molar refractivity (Wildman–Crippen MR) is 106 cm³/mol. The fourth-order valence-electron chi connectivity index (χ4n) is 2.58. The van der Waals surface area contributed by atoms with Gasteiger partial charge in [0.1, 0.15) is 18.7 Å². The molecule has 0 radical (unpaired) electrons. The Hall–Kier alpha value is -2.80. The van der Waals surface area contributed by atoms with Crippen molar-refractivity contribution in [2.75, 3.05) is 20.2 Å². The van der Waals surface area contributed by atoms with Gasteiger partial charge in [-0.25, -0.2) is 4.98 Å². The second kappa shape index (κ2) is 9.23. The largest absolute Gasteiger partial charge is 0.492 e. The third kappa shape index (κ3) is 5.34. The molecule has 0 bridgehead atoms. The van der Waals surface area contributed by atoms with Crippen LogP contribution >= 0.6 is 11.8 Å². The minimum Gasteiger partial charge on any atom is -0.492 e. The molecule has 0 aliphatic rings. The lowest BCUT2D eigenvalue weighted by Gasteiger charge is -2.19. The van der Waals surface area contributed by atoms with E-state index < -0.39 is 0 Å². The smallest absolute Gasteiger partial charge is 0.254 e. The normalized spacial score (nSPS) is 10.6. The van der Waals surface area contributed by atoms with Crippen molar-refractivity contribution in [2.24, 2.45) is 0 Å². The first-order chi connectivity index (χ1) is 13.1. The van der Waals surface area contributed by atoms with E-state index in [2.05, 4.69) is 15.2 Å². The highest BCUT2D eigenvalue weighted by Gasteiger charge is 2.16. The maximum Gasteiger partial charge on any atom is 0.254 e.